The van der Waals surface area contributed by atoms with Crippen LogP contribution in [0.2, 0.25) is 0 Å². The molecule has 0 spiro atoms. The number of aromatic amines is 1. The van der Waals surface area contributed by atoms with Gasteiger partial charge in [0, 0.05) is 5.56 Å². The summed E-state index contributed by atoms with van der Waals surface area (Å²) in [5, 5.41) is 3.32. The number of amides is 2. The first-order valence-electron chi connectivity index (χ1n) is 7.06. The second-order valence-electron chi connectivity index (χ2n) is 5.12. The highest BCUT2D eigenvalue weighted by Gasteiger charge is 2.13. The van der Waals surface area contributed by atoms with E-state index in [4.69, 9.17) is 5.73 Å². The van der Waals surface area contributed by atoms with Crippen molar-refractivity contribution < 1.29 is 9.59 Å². The number of benzene rings is 2. The lowest BCUT2D eigenvalue weighted by Gasteiger charge is -2.01. The molecule has 0 fully saturated rings. The zero-order valence-electron chi connectivity index (χ0n) is 12.2. The molecule has 7 nitrogen and oxygen atoms in total. The van der Waals surface area contributed by atoms with E-state index in [0.717, 1.165) is 10.2 Å². The lowest BCUT2D eigenvalue weighted by molar-refractivity contribution is 0.0990. The quantitative estimate of drug-likeness (QED) is 0.533. The van der Waals surface area contributed by atoms with Crippen molar-refractivity contribution in [3.63, 3.8) is 0 Å². The van der Waals surface area contributed by atoms with E-state index in [2.05, 4.69) is 20.3 Å². The smallest absolute Gasteiger partial charge is 0.284 e. The highest BCUT2D eigenvalue weighted by molar-refractivity contribution is 7.22. The number of imidazole rings is 1. The maximum Gasteiger partial charge on any atom is 0.284 e. The third-order valence-electron chi connectivity index (χ3n) is 3.49. The van der Waals surface area contributed by atoms with Crippen LogP contribution in [-0.2, 0) is 0 Å². The molecule has 118 valence electrons. The minimum Gasteiger partial charge on any atom is -0.363 e. The lowest BCUT2D eigenvalue weighted by atomic mass is 10.2. The molecule has 2 amide bonds. The Morgan fingerprint density at radius 3 is 2.71 bits per heavy atom. The second kappa shape index (κ2) is 5.43. The Balaban J connectivity index is 1.63. The van der Waals surface area contributed by atoms with Gasteiger partial charge >= 0.3 is 0 Å². The number of nitrogens with zero attached hydrogens (tertiary/aromatic N) is 2. The number of nitrogens with one attached hydrogen (secondary N) is 2. The van der Waals surface area contributed by atoms with E-state index in [0.29, 0.717) is 21.7 Å². The van der Waals surface area contributed by atoms with Crippen molar-refractivity contribution in [3.05, 3.63) is 53.9 Å². The van der Waals surface area contributed by atoms with Gasteiger partial charge < -0.3 is 10.7 Å². The highest BCUT2D eigenvalue weighted by Crippen LogP contribution is 2.26. The number of carbonyl (C=O) groups is 2. The summed E-state index contributed by atoms with van der Waals surface area (Å²) in [5.41, 5.74) is 7.61. The fourth-order valence-electron chi connectivity index (χ4n) is 2.36. The van der Waals surface area contributed by atoms with Gasteiger partial charge in [-0.3, -0.25) is 14.9 Å². The molecule has 0 saturated carbocycles. The van der Waals surface area contributed by atoms with Gasteiger partial charge in [-0.15, -0.1) is 0 Å². The van der Waals surface area contributed by atoms with Crippen LogP contribution in [0.5, 0.6) is 0 Å². The first-order chi connectivity index (χ1) is 11.6. The van der Waals surface area contributed by atoms with E-state index in [1.54, 1.807) is 18.2 Å². The molecule has 2 heterocycles. The standard InChI is InChI=1S/C16H11N5O2S/c17-13(22)14-18-9-6-5-8(7-11(9)19-14)15(23)21-16-20-10-3-1-2-4-12(10)24-16/h1-7H,(H2,17,22)(H,18,19)(H,20,21,23). The van der Waals surface area contributed by atoms with Gasteiger partial charge in [0.15, 0.2) is 11.0 Å². The number of hydrogen-bond donors (Lipinski definition) is 3. The number of aromatic nitrogens is 3. The van der Waals surface area contributed by atoms with Gasteiger partial charge in [-0.25, -0.2) is 9.97 Å². The SMILES string of the molecule is NC(=O)c1nc2ccc(C(=O)Nc3nc4ccccc4s3)cc2[nH]1. The number of thiazole rings is 1. The van der Waals surface area contributed by atoms with Gasteiger partial charge in [0.2, 0.25) is 0 Å². The van der Waals surface area contributed by atoms with E-state index >= 15 is 0 Å². The van der Waals surface area contributed by atoms with E-state index < -0.39 is 5.91 Å². The molecule has 0 radical (unpaired) electrons. The zero-order chi connectivity index (χ0) is 16.7. The van der Waals surface area contributed by atoms with Crippen LogP contribution in [0.4, 0.5) is 5.13 Å². The van der Waals surface area contributed by atoms with E-state index in [-0.39, 0.29) is 11.7 Å². The Morgan fingerprint density at radius 2 is 1.92 bits per heavy atom. The summed E-state index contributed by atoms with van der Waals surface area (Å²) in [4.78, 5) is 34.8. The summed E-state index contributed by atoms with van der Waals surface area (Å²) in [6.07, 6.45) is 0. The van der Waals surface area contributed by atoms with Crippen molar-refractivity contribution in [2.24, 2.45) is 5.73 Å². The molecule has 8 heteroatoms. The predicted octanol–water partition coefficient (Wildman–Crippen LogP) is 2.52. The van der Waals surface area contributed by atoms with Crippen LogP contribution in [0, 0.1) is 0 Å². The van der Waals surface area contributed by atoms with Gasteiger partial charge in [-0.1, -0.05) is 23.5 Å². The Hall–Kier alpha value is -3.26. The molecule has 0 atom stereocenters. The van der Waals surface area contributed by atoms with Gasteiger partial charge in [0.25, 0.3) is 11.8 Å². The monoisotopic (exact) mass is 337 g/mol. The average molecular weight is 337 g/mol. The zero-order valence-corrected chi connectivity index (χ0v) is 13.1. The predicted molar refractivity (Wildman–Crippen MR) is 92.2 cm³/mol. The molecular formula is C16H11N5O2S. The number of nitrogens with two attached hydrogens (primary N) is 1. The number of fused-ring (bicyclic) bond motifs is 2. The normalized spacial score (nSPS) is 11.0. The van der Waals surface area contributed by atoms with Crippen LogP contribution in [0.1, 0.15) is 21.0 Å². The molecule has 2 aromatic carbocycles. The third-order valence-corrected chi connectivity index (χ3v) is 4.44. The Morgan fingerprint density at radius 1 is 1.08 bits per heavy atom. The van der Waals surface area contributed by atoms with Crippen LogP contribution in [0.25, 0.3) is 21.3 Å². The highest BCUT2D eigenvalue weighted by atomic mass is 32.1. The number of anilines is 1. The number of rotatable bonds is 3. The van der Waals surface area contributed by atoms with Crippen LogP contribution in [-0.4, -0.2) is 26.8 Å². The number of primary amides is 1. The minimum absolute atomic E-state index is 0.0636. The van der Waals surface area contributed by atoms with Crippen LogP contribution >= 0.6 is 11.3 Å². The van der Waals surface area contributed by atoms with Crippen molar-refractivity contribution in [3.8, 4) is 0 Å². The maximum absolute atomic E-state index is 12.4. The van der Waals surface area contributed by atoms with Crippen molar-refractivity contribution in [2.75, 3.05) is 5.32 Å². The Labute approximate surface area is 139 Å². The fourth-order valence-corrected chi connectivity index (χ4v) is 3.22. The van der Waals surface area contributed by atoms with Crippen molar-refractivity contribution >= 4 is 49.5 Å². The second-order valence-corrected chi connectivity index (χ2v) is 6.15. The van der Waals surface area contributed by atoms with Crippen molar-refractivity contribution in [1.29, 1.82) is 0 Å². The summed E-state index contributed by atoms with van der Waals surface area (Å²) < 4.78 is 1.00. The van der Waals surface area contributed by atoms with Crippen LogP contribution in [0.15, 0.2) is 42.5 Å². The minimum atomic E-state index is -0.647. The number of para-hydroxylation sites is 1. The van der Waals surface area contributed by atoms with E-state index in [9.17, 15) is 9.59 Å². The third kappa shape index (κ3) is 2.48. The Kier molecular flexibility index (Phi) is 3.24. The summed E-state index contributed by atoms with van der Waals surface area (Å²) in [6.45, 7) is 0. The van der Waals surface area contributed by atoms with Gasteiger partial charge in [0.1, 0.15) is 0 Å². The number of carbonyl (C=O) groups excluding carboxylic acids is 2. The topological polar surface area (TPSA) is 114 Å². The molecule has 4 aromatic rings. The molecule has 0 unspecified atom stereocenters. The largest absolute Gasteiger partial charge is 0.363 e. The van der Waals surface area contributed by atoms with E-state index in [1.165, 1.54) is 11.3 Å². The average Bonchev–Trinajstić information content (AvgIpc) is 3.17. The summed E-state index contributed by atoms with van der Waals surface area (Å²) in [6, 6.07) is 12.6. The molecule has 4 rings (SSSR count). The van der Waals surface area contributed by atoms with Crippen LogP contribution in [0.3, 0.4) is 0 Å². The maximum atomic E-state index is 12.4. The summed E-state index contributed by atoms with van der Waals surface area (Å²) in [5.74, 6) is -0.869. The summed E-state index contributed by atoms with van der Waals surface area (Å²) >= 11 is 1.41. The lowest BCUT2D eigenvalue weighted by Crippen LogP contribution is -2.12. The molecule has 24 heavy (non-hydrogen) atoms. The van der Waals surface area contributed by atoms with E-state index in [1.807, 2.05) is 24.3 Å². The van der Waals surface area contributed by atoms with Crippen molar-refractivity contribution in [2.45, 2.75) is 0 Å². The fraction of sp³-hybridized carbons (Fsp3) is 0. The van der Waals surface area contributed by atoms with Gasteiger partial charge in [0.05, 0.1) is 21.3 Å². The first-order valence-corrected chi connectivity index (χ1v) is 7.88. The molecule has 0 aliphatic heterocycles. The molecule has 0 saturated heterocycles. The van der Waals surface area contributed by atoms with Gasteiger partial charge in [-0.05, 0) is 30.3 Å². The molecule has 2 aromatic heterocycles. The number of hydrogen-bond acceptors (Lipinski definition) is 5. The number of H-pyrrole nitrogens is 1. The molecule has 4 N–H and O–H groups in total. The molecule has 0 bridgehead atoms. The molecular weight excluding hydrogens is 326 g/mol. The van der Waals surface area contributed by atoms with Gasteiger partial charge in [-0.2, -0.15) is 0 Å². The first kappa shape index (κ1) is 14.3. The van der Waals surface area contributed by atoms with Crippen LogP contribution < -0.4 is 11.1 Å². The summed E-state index contributed by atoms with van der Waals surface area (Å²) in [7, 11) is 0. The molecule has 0 aliphatic rings. The van der Waals surface area contributed by atoms with Crippen molar-refractivity contribution in [1.82, 2.24) is 15.0 Å². The Bertz CT molecular complexity index is 1070. The molecule has 0 aliphatic carbocycles.